The molecule has 1 aliphatic carbocycles. The number of amides is 2. The summed E-state index contributed by atoms with van der Waals surface area (Å²) in [5.74, 6) is 2.02. The fraction of sp³-hybridized carbons (Fsp3) is 0.600. The van der Waals surface area contributed by atoms with Crippen LogP contribution in [0.15, 0.2) is 24.3 Å². The molecule has 1 aliphatic heterocycles. The van der Waals surface area contributed by atoms with Crippen LogP contribution in [0.5, 0.6) is 5.75 Å². The smallest absolute Gasteiger partial charge is 0.251 e. The molecule has 0 spiro atoms. The molecular formula is C20H28N2O3. The number of carbonyl (C=O) groups is 2. The van der Waals surface area contributed by atoms with Gasteiger partial charge in [0.2, 0.25) is 5.91 Å². The van der Waals surface area contributed by atoms with Crippen molar-refractivity contribution in [2.45, 2.75) is 39.0 Å². The molecule has 2 amide bonds. The summed E-state index contributed by atoms with van der Waals surface area (Å²) in [6.45, 7) is 4.28. The molecule has 0 bridgehead atoms. The number of nitrogens with zero attached hydrogens (tertiary/aromatic N) is 1. The van der Waals surface area contributed by atoms with Gasteiger partial charge in [-0.1, -0.05) is 19.3 Å². The molecule has 2 fully saturated rings. The first kappa shape index (κ1) is 17.8. The van der Waals surface area contributed by atoms with Gasteiger partial charge in [-0.2, -0.15) is 0 Å². The molecule has 0 aromatic heterocycles. The van der Waals surface area contributed by atoms with Gasteiger partial charge in [-0.15, -0.1) is 0 Å². The molecule has 136 valence electrons. The molecule has 2 aliphatic rings. The van der Waals surface area contributed by atoms with Gasteiger partial charge in [0, 0.05) is 18.7 Å². The quantitative estimate of drug-likeness (QED) is 0.893. The third kappa shape index (κ3) is 4.53. The SMILES string of the molecule is CCOc1ccc(C(=O)NCC(=O)N2CC[C@@H]3CCCC[C@H]3C2)cc1. The van der Waals surface area contributed by atoms with E-state index in [-0.39, 0.29) is 18.4 Å². The molecule has 1 aromatic rings. The van der Waals surface area contributed by atoms with Crippen molar-refractivity contribution in [3.63, 3.8) is 0 Å². The molecule has 2 atom stereocenters. The summed E-state index contributed by atoms with van der Waals surface area (Å²) in [7, 11) is 0. The molecular weight excluding hydrogens is 316 g/mol. The van der Waals surface area contributed by atoms with Crippen LogP contribution in [0.3, 0.4) is 0 Å². The zero-order chi connectivity index (χ0) is 17.6. The predicted octanol–water partition coefficient (Wildman–Crippen LogP) is 2.85. The lowest BCUT2D eigenvalue weighted by molar-refractivity contribution is -0.133. The number of fused-ring (bicyclic) bond motifs is 1. The average molecular weight is 344 g/mol. The molecule has 25 heavy (non-hydrogen) atoms. The number of hydrogen-bond acceptors (Lipinski definition) is 3. The normalized spacial score (nSPS) is 22.8. The van der Waals surface area contributed by atoms with Crippen LogP contribution in [0, 0.1) is 11.8 Å². The number of piperidine rings is 1. The summed E-state index contributed by atoms with van der Waals surface area (Å²) in [6, 6.07) is 6.98. The van der Waals surface area contributed by atoms with E-state index >= 15 is 0 Å². The molecule has 1 saturated heterocycles. The van der Waals surface area contributed by atoms with E-state index in [4.69, 9.17) is 4.74 Å². The Hall–Kier alpha value is -2.04. The number of likely N-dealkylation sites (tertiary alicyclic amines) is 1. The Bertz CT molecular complexity index is 599. The fourth-order valence-corrected chi connectivity index (χ4v) is 4.07. The van der Waals surface area contributed by atoms with Crippen molar-refractivity contribution >= 4 is 11.8 Å². The van der Waals surface area contributed by atoms with Gasteiger partial charge in [0.1, 0.15) is 5.75 Å². The highest BCUT2D eigenvalue weighted by Crippen LogP contribution is 2.35. The van der Waals surface area contributed by atoms with Crippen molar-refractivity contribution in [1.82, 2.24) is 10.2 Å². The van der Waals surface area contributed by atoms with Crippen molar-refractivity contribution < 1.29 is 14.3 Å². The van der Waals surface area contributed by atoms with E-state index in [1.807, 2.05) is 11.8 Å². The van der Waals surface area contributed by atoms with E-state index in [0.29, 0.717) is 18.1 Å². The highest BCUT2D eigenvalue weighted by atomic mass is 16.5. The first-order valence-corrected chi connectivity index (χ1v) is 9.46. The lowest BCUT2D eigenvalue weighted by Crippen LogP contribution is -2.48. The lowest BCUT2D eigenvalue weighted by atomic mass is 9.75. The van der Waals surface area contributed by atoms with E-state index in [1.54, 1.807) is 24.3 Å². The number of carbonyl (C=O) groups excluding carboxylic acids is 2. The fourth-order valence-electron chi connectivity index (χ4n) is 4.07. The van der Waals surface area contributed by atoms with E-state index in [9.17, 15) is 9.59 Å². The number of ether oxygens (including phenoxy) is 1. The van der Waals surface area contributed by atoms with Gasteiger partial charge in [0.15, 0.2) is 0 Å². The minimum Gasteiger partial charge on any atom is -0.494 e. The predicted molar refractivity (Wildman–Crippen MR) is 96.6 cm³/mol. The Kier molecular flexibility index (Phi) is 5.95. The number of nitrogens with one attached hydrogen (secondary N) is 1. The maximum absolute atomic E-state index is 12.4. The Morgan fingerprint density at radius 1 is 1.12 bits per heavy atom. The maximum atomic E-state index is 12.4. The van der Waals surface area contributed by atoms with E-state index in [1.165, 1.54) is 25.7 Å². The van der Waals surface area contributed by atoms with Gasteiger partial charge in [-0.05, 0) is 55.9 Å². The Balaban J connectivity index is 1.47. The summed E-state index contributed by atoms with van der Waals surface area (Å²) in [6.07, 6.45) is 6.31. The van der Waals surface area contributed by atoms with Crippen molar-refractivity contribution in [2.75, 3.05) is 26.2 Å². The topological polar surface area (TPSA) is 58.6 Å². The summed E-state index contributed by atoms with van der Waals surface area (Å²) < 4.78 is 5.37. The lowest BCUT2D eigenvalue weighted by Gasteiger charge is -2.41. The summed E-state index contributed by atoms with van der Waals surface area (Å²) in [5.41, 5.74) is 0.544. The van der Waals surface area contributed by atoms with Crippen LogP contribution in [0.4, 0.5) is 0 Å². The number of hydrogen-bond donors (Lipinski definition) is 1. The zero-order valence-corrected chi connectivity index (χ0v) is 15.0. The molecule has 1 saturated carbocycles. The van der Waals surface area contributed by atoms with Crippen LogP contribution < -0.4 is 10.1 Å². The minimum absolute atomic E-state index is 0.0308. The van der Waals surface area contributed by atoms with Gasteiger partial charge in [-0.3, -0.25) is 9.59 Å². The standard InChI is InChI=1S/C20H28N2O3/c1-2-25-18-9-7-16(8-10-18)20(24)21-13-19(23)22-12-11-15-5-3-4-6-17(15)14-22/h7-10,15,17H,2-6,11-14H2,1H3,(H,21,24)/t15-,17-/m0/s1. The van der Waals surface area contributed by atoms with Crippen molar-refractivity contribution in [2.24, 2.45) is 11.8 Å². The molecule has 3 rings (SSSR count). The molecule has 0 radical (unpaired) electrons. The largest absolute Gasteiger partial charge is 0.494 e. The summed E-state index contributed by atoms with van der Waals surface area (Å²) in [4.78, 5) is 26.6. The van der Waals surface area contributed by atoms with Crippen molar-refractivity contribution in [3.8, 4) is 5.75 Å². The second kappa shape index (κ2) is 8.37. The van der Waals surface area contributed by atoms with Gasteiger partial charge in [-0.25, -0.2) is 0 Å². The molecule has 0 unspecified atom stereocenters. The number of rotatable bonds is 5. The number of benzene rings is 1. The van der Waals surface area contributed by atoms with Crippen molar-refractivity contribution in [3.05, 3.63) is 29.8 Å². The molecule has 5 heteroatoms. The van der Waals surface area contributed by atoms with Crippen LogP contribution in [0.2, 0.25) is 0 Å². The van der Waals surface area contributed by atoms with Crippen LogP contribution in [0.1, 0.15) is 49.4 Å². The van der Waals surface area contributed by atoms with Crippen LogP contribution in [-0.2, 0) is 4.79 Å². The van der Waals surface area contributed by atoms with Crippen LogP contribution >= 0.6 is 0 Å². The zero-order valence-electron chi connectivity index (χ0n) is 15.0. The minimum atomic E-state index is -0.219. The van der Waals surface area contributed by atoms with E-state index in [0.717, 1.165) is 31.2 Å². The highest BCUT2D eigenvalue weighted by molar-refractivity contribution is 5.96. The second-order valence-electron chi connectivity index (χ2n) is 7.07. The monoisotopic (exact) mass is 344 g/mol. The third-order valence-corrected chi connectivity index (χ3v) is 5.47. The van der Waals surface area contributed by atoms with E-state index < -0.39 is 0 Å². The highest BCUT2D eigenvalue weighted by Gasteiger charge is 2.32. The Morgan fingerprint density at radius 2 is 1.84 bits per heavy atom. The second-order valence-corrected chi connectivity index (χ2v) is 7.07. The Labute approximate surface area is 149 Å². The van der Waals surface area contributed by atoms with Gasteiger partial charge in [0.05, 0.1) is 13.2 Å². The van der Waals surface area contributed by atoms with Crippen LogP contribution in [-0.4, -0.2) is 43.0 Å². The van der Waals surface area contributed by atoms with Crippen LogP contribution in [0.25, 0.3) is 0 Å². The average Bonchev–Trinajstić information content (AvgIpc) is 2.66. The van der Waals surface area contributed by atoms with Gasteiger partial charge >= 0.3 is 0 Å². The van der Waals surface area contributed by atoms with Crippen molar-refractivity contribution in [1.29, 1.82) is 0 Å². The molecule has 1 aromatic carbocycles. The molecule has 1 N–H and O–H groups in total. The van der Waals surface area contributed by atoms with Gasteiger partial charge < -0.3 is 15.0 Å². The molecule has 1 heterocycles. The molecule has 5 nitrogen and oxygen atoms in total. The summed E-state index contributed by atoms with van der Waals surface area (Å²) >= 11 is 0. The first-order chi connectivity index (χ1) is 12.2. The maximum Gasteiger partial charge on any atom is 0.251 e. The summed E-state index contributed by atoms with van der Waals surface area (Å²) in [5, 5.41) is 2.75. The Morgan fingerprint density at radius 3 is 2.56 bits per heavy atom. The third-order valence-electron chi connectivity index (χ3n) is 5.47. The first-order valence-electron chi connectivity index (χ1n) is 9.46. The van der Waals surface area contributed by atoms with Gasteiger partial charge in [0.25, 0.3) is 5.91 Å². The van der Waals surface area contributed by atoms with E-state index in [2.05, 4.69) is 5.32 Å².